The molecule has 0 atom stereocenters. The molecule has 0 bridgehead atoms. The van der Waals surface area contributed by atoms with Gasteiger partial charge in [-0.1, -0.05) is 6.08 Å². The Labute approximate surface area is 74.0 Å². The highest BCUT2D eigenvalue weighted by molar-refractivity contribution is 5.67. The molecule has 0 aliphatic heterocycles. The molecule has 0 aliphatic rings. The minimum absolute atomic E-state index is 0.317. The van der Waals surface area contributed by atoms with E-state index < -0.39 is 5.60 Å². The molecule has 70 valence electrons. The molecule has 0 radical (unpaired) electrons. The summed E-state index contributed by atoms with van der Waals surface area (Å²) >= 11 is 0. The Morgan fingerprint density at radius 2 is 2.08 bits per heavy atom. The van der Waals surface area contributed by atoms with Crippen LogP contribution in [-0.2, 0) is 4.74 Å². The largest absolute Gasteiger partial charge is 0.444 e. The Hall–Kier alpha value is -0.990. The summed E-state index contributed by atoms with van der Waals surface area (Å²) in [5, 5.41) is 0. The zero-order chi connectivity index (χ0) is 9.78. The lowest BCUT2D eigenvalue weighted by Crippen LogP contribution is -2.34. The van der Waals surface area contributed by atoms with E-state index in [1.54, 1.807) is 13.1 Å². The first-order chi connectivity index (χ1) is 5.37. The third-order valence-corrected chi connectivity index (χ3v) is 1.11. The molecule has 1 amide bonds. The fraction of sp³-hybridized carbons (Fsp3) is 0.667. The van der Waals surface area contributed by atoms with Gasteiger partial charge >= 0.3 is 6.09 Å². The molecule has 0 spiro atoms. The van der Waals surface area contributed by atoms with E-state index in [0.717, 1.165) is 0 Å². The number of carbonyl (C=O) groups excluding carboxylic acids is 1. The predicted octanol–water partition coefficient (Wildman–Crippen LogP) is 2.04. The highest BCUT2D eigenvalue weighted by atomic mass is 16.6. The van der Waals surface area contributed by atoms with Crippen LogP contribution < -0.4 is 0 Å². The Bertz CT molecular complexity index is 170. The number of hydrogen-bond donors (Lipinski definition) is 0. The van der Waals surface area contributed by atoms with E-state index in [1.807, 2.05) is 20.8 Å². The quantitative estimate of drug-likeness (QED) is 0.595. The smallest absolute Gasteiger partial charge is 0.410 e. The molecule has 0 unspecified atom stereocenters. The van der Waals surface area contributed by atoms with Gasteiger partial charge in [-0.05, 0) is 20.8 Å². The van der Waals surface area contributed by atoms with Crippen LogP contribution in [0.15, 0.2) is 12.7 Å². The second kappa shape index (κ2) is 4.14. The second-order valence-corrected chi connectivity index (χ2v) is 3.65. The van der Waals surface area contributed by atoms with Crippen molar-refractivity contribution in [3.8, 4) is 0 Å². The molecule has 3 heteroatoms. The molecule has 0 saturated heterocycles. The first-order valence-electron chi connectivity index (χ1n) is 3.92. The van der Waals surface area contributed by atoms with Crippen molar-refractivity contribution in [2.45, 2.75) is 26.4 Å². The molecule has 0 aromatic carbocycles. The van der Waals surface area contributed by atoms with E-state index >= 15 is 0 Å². The maximum Gasteiger partial charge on any atom is 0.410 e. The molecular formula is C9H17NO2. The van der Waals surface area contributed by atoms with E-state index in [-0.39, 0.29) is 6.09 Å². The third kappa shape index (κ3) is 4.77. The number of nitrogens with zero attached hydrogens (tertiary/aromatic N) is 1. The van der Waals surface area contributed by atoms with Crippen molar-refractivity contribution in [3.63, 3.8) is 0 Å². The summed E-state index contributed by atoms with van der Waals surface area (Å²) in [7, 11) is 1.68. The van der Waals surface area contributed by atoms with Crippen molar-refractivity contribution in [1.29, 1.82) is 0 Å². The van der Waals surface area contributed by atoms with Gasteiger partial charge in [0.1, 0.15) is 5.60 Å². The van der Waals surface area contributed by atoms with Gasteiger partial charge in [-0.25, -0.2) is 4.79 Å². The molecule has 0 N–H and O–H groups in total. The van der Waals surface area contributed by atoms with Gasteiger partial charge in [0, 0.05) is 13.6 Å². The lowest BCUT2D eigenvalue weighted by Gasteiger charge is -2.23. The van der Waals surface area contributed by atoms with Crippen LogP contribution in [0.3, 0.4) is 0 Å². The zero-order valence-corrected chi connectivity index (χ0v) is 8.26. The van der Waals surface area contributed by atoms with Gasteiger partial charge in [-0.15, -0.1) is 6.58 Å². The molecule has 0 fully saturated rings. The Balaban J connectivity index is 3.95. The van der Waals surface area contributed by atoms with Crippen molar-refractivity contribution in [1.82, 2.24) is 4.90 Å². The standard InChI is InChI=1S/C9H17NO2/c1-6-7-10(5)8(11)12-9(2,3)4/h6H,1,7H2,2-5H3. The number of carbonyl (C=O) groups is 1. The van der Waals surface area contributed by atoms with E-state index in [0.29, 0.717) is 6.54 Å². The SMILES string of the molecule is C=CCN(C)C(=O)OC(C)(C)C. The number of ether oxygens (including phenoxy) is 1. The van der Waals surface area contributed by atoms with Crippen LogP contribution in [0.5, 0.6) is 0 Å². The molecule has 0 rings (SSSR count). The third-order valence-electron chi connectivity index (χ3n) is 1.11. The van der Waals surface area contributed by atoms with Gasteiger partial charge < -0.3 is 9.64 Å². The van der Waals surface area contributed by atoms with E-state index in [4.69, 9.17) is 4.74 Å². The number of amides is 1. The number of rotatable bonds is 2. The first-order valence-corrected chi connectivity index (χ1v) is 3.92. The molecule has 12 heavy (non-hydrogen) atoms. The van der Waals surface area contributed by atoms with Crippen LogP contribution in [0.1, 0.15) is 20.8 Å². The minimum Gasteiger partial charge on any atom is -0.444 e. The summed E-state index contributed by atoms with van der Waals surface area (Å²) in [6, 6.07) is 0. The summed E-state index contributed by atoms with van der Waals surface area (Å²) in [6.45, 7) is 9.56. The van der Waals surface area contributed by atoms with Gasteiger partial charge in [-0.2, -0.15) is 0 Å². The van der Waals surface area contributed by atoms with Crippen LogP contribution in [0.2, 0.25) is 0 Å². The zero-order valence-electron chi connectivity index (χ0n) is 8.26. The van der Waals surface area contributed by atoms with Gasteiger partial charge in [-0.3, -0.25) is 0 Å². The Kier molecular flexibility index (Phi) is 3.80. The molecular weight excluding hydrogens is 154 g/mol. The van der Waals surface area contributed by atoms with E-state index in [9.17, 15) is 4.79 Å². The monoisotopic (exact) mass is 171 g/mol. The lowest BCUT2D eigenvalue weighted by molar-refractivity contribution is 0.0318. The topological polar surface area (TPSA) is 29.5 Å². The van der Waals surface area contributed by atoms with Gasteiger partial charge in [0.05, 0.1) is 0 Å². The maximum absolute atomic E-state index is 11.2. The van der Waals surface area contributed by atoms with Gasteiger partial charge in [0.15, 0.2) is 0 Å². The summed E-state index contributed by atoms with van der Waals surface area (Å²) in [6.07, 6.45) is 1.34. The fourth-order valence-electron chi connectivity index (χ4n) is 0.608. The lowest BCUT2D eigenvalue weighted by atomic mass is 10.2. The van der Waals surface area contributed by atoms with Crippen molar-refractivity contribution >= 4 is 6.09 Å². The summed E-state index contributed by atoms with van der Waals surface area (Å²) < 4.78 is 5.09. The van der Waals surface area contributed by atoms with Crippen LogP contribution >= 0.6 is 0 Å². The van der Waals surface area contributed by atoms with Crippen molar-refractivity contribution < 1.29 is 9.53 Å². The molecule has 0 aromatic heterocycles. The first kappa shape index (κ1) is 11.0. The van der Waals surface area contributed by atoms with Crippen molar-refractivity contribution in [2.75, 3.05) is 13.6 Å². The van der Waals surface area contributed by atoms with Crippen LogP contribution in [0.25, 0.3) is 0 Å². The Morgan fingerprint density at radius 1 is 1.58 bits per heavy atom. The highest BCUT2D eigenvalue weighted by Gasteiger charge is 2.18. The minimum atomic E-state index is -0.424. The number of hydrogen-bond acceptors (Lipinski definition) is 2. The summed E-state index contributed by atoms with van der Waals surface area (Å²) in [5.41, 5.74) is -0.424. The Morgan fingerprint density at radius 3 is 2.42 bits per heavy atom. The molecule has 0 heterocycles. The van der Waals surface area contributed by atoms with Crippen LogP contribution in [0.4, 0.5) is 4.79 Å². The number of likely N-dealkylation sites (N-methyl/N-ethyl adjacent to an activating group) is 1. The van der Waals surface area contributed by atoms with Crippen molar-refractivity contribution in [2.24, 2.45) is 0 Å². The average molecular weight is 171 g/mol. The van der Waals surface area contributed by atoms with Gasteiger partial charge in [0.25, 0.3) is 0 Å². The van der Waals surface area contributed by atoms with E-state index in [1.165, 1.54) is 4.90 Å². The second-order valence-electron chi connectivity index (χ2n) is 3.65. The molecule has 3 nitrogen and oxygen atoms in total. The molecule has 0 saturated carbocycles. The maximum atomic E-state index is 11.2. The van der Waals surface area contributed by atoms with Gasteiger partial charge in [0.2, 0.25) is 0 Å². The normalized spacial score (nSPS) is 10.7. The van der Waals surface area contributed by atoms with E-state index in [2.05, 4.69) is 6.58 Å². The fourth-order valence-corrected chi connectivity index (χ4v) is 0.608. The highest BCUT2D eigenvalue weighted by Crippen LogP contribution is 2.08. The summed E-state index contributed by atoms with van der Waals surface area (Å²) in [5.74, 6) is 0. The molecule has 0 aliphatic carbocycles. The van der Waals surface area contributed by atoms with Crippen LogP contribution in [0, 0.1) is 0 Å². The average Bonchev–Trinajstić information content (AvgIpc) is 1.84. The summed E-state index contributed by atoms with van der Waals surface area (Å²) in [4.78, 5) is 12.7. The van der Waals surface area contributed by atoms with Crippen LogP contribution in [-0.4, -0.2) is 30.2 Å². The predicted molar refractivity (Wildman–Crippen MR) is 49.1 cm³/mol. The van der Waals surface area contributed by atoms with Crippen molar-refractivity contribution in [3.05, 3.63) is 12.7 Å². The molecule has 0 aromatic rings.